The molecule has 19 heavy (non-hydrogen) atoms. The van der Waals surface area contributed by atoms with Crippen molar-refractivity contribution in [1.29, 1.82) is 0 Å². The number of nitrogens with zero attached hydrogens (tertiary/aromatic N) is 1. The predicted molar refractivity (Wildman–Crippen MR) is 81.5 cm³/mol. The van der Waals surface area contributed by atoms with Crippen LogP contribution in [0.4, 0.5) is 5.69 Å². The second kappa shape index (κ2) is 5.16. The molecule has 0 radical (unpaired) electrons. The predicted octanol–water partition coefficient (Wildman–Crippen LogP) is 3.57. The number of anilines is 1. The summed E-state index contributed by atoms with van der Waals surface area (Å²) in [6, 6.07) is 9.63. The molecule has 1 aliphatic carbocycles. The molecule has 1 aromatic carbocycles. The first kappa shape index (κ1) is 13.0. The van der Waals surface area contributed by atoms with Crippen molar-refractivity contribution in [1.82, 2.24) is 5.32 Å². The molecule has 1 fully saturated rings. The summed E-state index contributed by atoms with van der Waals surface area (Å²) in [5, 5.41) is 3.56. The number of benzene rings is 1. The molecule has 1 aromatic rings. The van der Waals surface area contributed by atoms with E-state index >= 15 is 0 Å². The van der Waals surface area contributed by atoms with Crippen LogP contribution in [-0.4, -0.2) is 19.1 Å². The highest BCUT2D eigenvalue weighted by atomic mass is 15.2. The first-order valence-electron chi connectivity index (χ1n) is 7.74. The molecule has 0 spiro atoms. The molecular formula is C17H26N2. The zero-order valence-electron chi connectivity index (χ0n) is 12.3. The van der Waals surface area contributed by atoms with E-state index in [1.807, 2.05) is 0 Å². The summed E-state index contributed by atoms with van der Waals surface area (Å²) in [7, 11) is 0. The Morgan fingerprint density at radius 2 is 2.05 bits per heavy atom. The SMILES string of the molecule is CC1(C)CCCCC1N1CCNCc2ccccc21. The smallest absolute Gasteiger partial charge is 0.0414 e. The fraction of sp³-hybridized carbons (Fsp3) is 0.647. The summed E-state index contributed by atoms with van der Waals surface area (Å²) >= 11 is 0. The number of para-hydroxylation sites is 1. The van der Waals surface area contributed by atoms with E-state index in [1.54, 1.807) is 0 Å². The minimum atomic E-state index is 0.440. The molecule has 1 atom stereocenters. The van der Waals surface area contributed by atoms with Crippen LogP contribution < -0.4 is 10.2 Å². The molecule has 0 amide bonds. The van der Waals surface area contributed by atoms with E-state index in [0.29, 0.717) is 11.5 Å². The van der Waals surface area contributed by atoms with E-state index in [1.165, 1.54) is 36.9 Å². The second-order valence-corrected chi connectivity index (χ2v) is 6.75. The third kappa shape index (κ3) is 2.51. The van der Waals surface area contributed by atoms with Crippen LogP contribution in [0.15, 0.2) is 24.3 Å². The highest BCUT2D eigenvalue weighted by molar-refractivity contribution is 5.55. The van der Waals surface area contributed by atoms with Crippen molar-refractivity contribution in [2.24, 2.45) is 5.41 Å². The standard InChI is InChI=1S/C17H26N2/c1-17(2)10-6-5-9-16(17)19-12-11-18-13-14-7-3-4-8-15(14)19/h3-4,7-8,16,18H,5-6,9-13H2,1-2H3. The van der Waals surface area contributed by atoms with Crippen molar-refractivity contribution in [2.45, 2.75) is 52.1 Å². The van der Waals surface area contributed by atoms with E-state index in [-0.39, 0.29) is 0 Å². The first-order chi connectivity index (χ1) is 9.18. The van der Waals surface area contributed by atoms with Crippen LogP contribution in [0.25, 0.3) is 0 Å². The highest BCUT2D eigenvalue weighted by Crippen LogP contribution is 2.41. The van der Waals surface area contributed by atoms with Crippen LogP contribution in [0.2, 0.25) is 0 Å². The summed E-state index contributed by atoms with van der Waals surface area (Å²) < 4.78 is 0. The van der Waals surface area contributed by atoms with Crippen LogP contribution in [0.5, 0.6) is 0 Å². The third-order valence-electron chi connectivity index (χ3n) is 4.97. The van der Waals surface area contributed by atoms with Crippen molar-refractivity contribution in [2.75, 3.05) is 18.0 Å². The van der Waals surface area contributed by atoms with Gasteiger partial charge in [-0.15, -0.1) is 0 Å². The lowest BCUT2D eigenvalue weighted by atomic mass is 9.72. The molecule has 1 saturated carbocycles. The number of hydrogen-bond acceptors (Lipinski definition) is 2. The van der Waals surface area contributed by atoms with Gasteiger partial charge in [-0.3, -0.25) is 0 Å². The minimum absolute atomic E-state index is 0.440. The van der Waals surface area contributed by atoms with Gasteiger partial charge in [0.15, 0.2) is 0 Å². The molecule has 1 unspecified atom stereocenters. The molecule has 104 valence electrons. The van der Waals surface area contributed by atoms with Gasteiger partial charge < -0.3 is 10.2 Å². The molecule has 2 heteroatoms. The Morgan fingerprint density at radius 1 is 1.21 bits per heavy atom. The summed E-state index contributed by atoms with van der Waals surface area (Å²) in [4.78, 5) is 2.69. The normalized spacial score (nSPS) is 26.6. The molecule has 1 aliphatic heterocycles. The van der Waals surface area contributed by atoms with E-state index < -0.39 is 0 Å². The average Bonchev–Trinajstić information content (AvgIpc) is 2.61. The lowest BCUT2D eigenvalue weighted by Gasteiger charge is -2.46. The largest absolute Gasteiger partial charge is 0.366 e. The van der Waals surface area contributed by atoms with Crippen molar-refractivity contribution in [3.8, 4) is 0 Å². The zero-order valence-corrected chi connectivity index (χ0v) is 12.3. The van der Waals surface area contributed by atoms with Crippen LogP contribution in [0.1, 0.15) is 45.1 Å². The molecule has 1 heterocycles. The van der Waals surface area contributed by atoms with Crippen molar-refractivity contribution in [3.05, 3.63) is 29.8 Å². The third-order valence-corrected chi connectivity index (χ3v) is 4.97. The fourth-order valence-electron chi connectivity index (χ4n) is 3.86. The van der Waals surface area contributed by atoms with E-state index in [9.17, 15) is 0 Å². The van der Waals surface area contributed by atoms with E-state index in [2.05, 4.69) is 48.3 Å². The highest BCUT2D eigenvalue weighted by Gasteiger charge is 2.37. The molecule has 0 bridgehead atoms. The quantitative estimate of drug-likeness (QED) is 0.828. The molecule has 0 saturated heterocycles. The minimum Gasteiger partial charge on any atom is -0.366 e. The van der Waals surface area contributed by atoms with Crippen molar-refractivity contribution >= 4 is 5.69 Å². The molecule has 2 nitrogen and oxygen atoms in total. The Labute approximate surface area is 117 Å². The van der Waals surface area contributed by atoms with Crippen molar-refractivity contribution < 1.29 is 0 Å². The summed E-state index contributed by atoms with van der Waals surface area (Å²) in [5.74, 6) is 0. The van der Waals surface area contributed by atoms with Gasteiger partial charge in [-0.2, -0.15) is 0 Å². The van der Waals surface area contributed by atoms with Crippen LogP contribution in [0, 0.1) is 5.41 Å². The van der Waals surface area contributed by atoms with Crippen LogP contribution in [-0.2, 0) is 6.54 Å². The lowest BCUT2D eigenvalue weighted by Crippen LogP contribution is -2.48. The Kier molecular flexibility index (Phi) is 3.53. The van der Waals surface area contributed by atoms with Gasteiger partial charge in [0.1, 0.15) is 0 Å². The maximum absolute atomic E-state index is 3.56. The van der Waals surface area contributed by atoms with Crippen LogP contribution in [0.3, 0.4) is 0 Å². The van der Waals surface area contributed by atoms with Crippen LogP contribution >= 0.6 is 0 Å². The molecule has 0 aromatic heterocycles. The summed E-state index contributed by atoms with van der Waals surface area (Å²) in [6.07, 6.45) is 5.50. The average molecular weight is 258 g/mol. The Bertz CT molecular complexity index is 439. The number of fused-ring (bicyclic) bond motifs is 1. The van der Waals surface area contributed by atoms with Gasteiger partial charge in [-0.25, -0.2) is 0 Å². The molecule has 1 N–H and O–H groups in total. The maximum Gasteiger partial charge on any atom is 0.0414 e. The Balaban J connectivity index is 1.95. The number of hydrogen-bond donors (Lipinski definition) is 1. The van der Waals surface area contributed by atoms with Gasteiger partial charge in [0.2, 0.25) is 0 Å². The fourth-order valence-corrected chi connectivity index (χ4v) is 3.86. The molecular weight excluding hydrogens is 232 g/mol. The first-order valence-corrected chi connectivity index (χ1v) is 7.74. The zero-order chi connectivity index (χ0) is 13.3. The lowest BCUT2D eigenvalue weighted by molar-refractivity contribution is 0.192. The van der Waals surface area contributed by atoms with Gasteiger partial charge in [-0.05, 0) is 29.9 Å². The maximum atomic E-state index is 3.56. The summed E-state index contributed by atoms with van der Waals surface area (Å²) in [6.45, 7) is 8.17. The Hall–Kier alpha value is -1.02. The second-order valence-electron chi connectivity index (χ2n) is 6.75. The van der Waals surface area contributed by atoms with Crippen molar-refractivity contribution in [3.63, 3.8) is 0 Å². The van der Waals surface area contributed by atoms with Gasteiger partial charge in [0.25, 0.3) is 0 Å². The summed E-state index contributed by atoms with van der Waals surface area (Å²) in [5.41, 5.74) is 3.37. The van der Waals surface area contributed by atoms with Gasteiger partial charge in [0, 0.05) is 31.4 Å². The molecule has 2 aliphatic rings. The van der Waals surface area contributed by atoms with Gasteiger partial charge in [-0.1, -0.05) is 44.9 Å². The van der Waals surface area contributed by atoms with Gasteiger partial charge in [0.05, 0.1) is 0 Å². The van der Waals surface area contributed by atoms with E-state index in [4.69, 9.17) is 0 Å². The molecule has 3 rings (SSSR count). The monoisotopic (exact) mass is 258 g/mol. The van der Waals surface area contributed by atoms with E-state index in [0.717, 1.165) is 19.6 Å². The number of nitrogens with one attached hydrogen (secondary N) is 1. The number of rotatable bonds is 1. The topological polar surface area (TPSA) is 15.3 Å². The Morgan fingerprint density at radius 3 is 2.89 bits per heavy atom. The van der Waals surface area contributed by atoms with Gasteiger partial charge >= 0.3 is 0 Å².